The van der Waals surface area contributed by atoms with Crippen molar-refractivity contribution in [3.05, 3.63) is 28.2 Å². The summed E-state index contributed by atoms with van der Waals surface area (Å²) in [5, 5.41) is 9.82. The molecule has 1 aromatic carbocycles. The minimum absolute atomic E-state index is 0.270. The minimum Gasteiger partial charge on any atom is -0.508 e. The van der Waals surface area contributed by atoms with Gasteiger partial charge in [-0.15, -0.1) is 0 Å². The number of ether oxygens (including phenoxy) is 1. The molecular formula is C13H18BrNO2. The van der Waals surface area contributed by atoms with E-state index in [1.165, 1.54) is 0 Å². The van der Waals surface area contributed by atoms with Crippen LogP contribution in [0.1, 0.15) is 18.9 Å². The van der Waals surface area contributed by atoms with E-state index >= 15 is 0 Å². The van der Waals surface area contributed by atoms with Crippen molar-refractivity contribution in [3.63, 3.8) is 0 Å². The fourth-order valence-corrected chi connectivity index (χ4v) is 2.55. The Kier molecular flexibility index (Phi) is 4.42. The van der Waals surface area contributed by atoms with E-state index in [0.29, 0.717) is 5.75 Å². The molecule has 3 nitrogen and oxygen atoms in total. The van der Waals surface area contributed by atoms with E-state index in [1.54, 1.807) is 6.07 Å². The van der Waals surface area contributed by atoms with Crippen molar-refractivity contribution in [3.8, 4) is 5.75 Å². The van der Waals surface area contributed by atoms with Crippen molar-refractivity contribution >= 4 is 15.9 Å². The number of nitrogens with zero attached hydrogens (tertiary/aromatic N) is 1. The quantitative estimate of drug-likeness (QED) is 0.911. The van der Waals surface area contributed by atoms with Gasteiger partial charge in [0, 0.05) is 36.3 Å². The molecule has 0 radical (unpaired) electrons. The number of hydrogen-bond acceptors (Lipinski definition) is 3. The maximum absolute atomic E-state index is 9.82. The molecule has 0 aliphatic carbocycles. The highest BCUT2D eigenvalue weighted by atomic mass is 79.9. The van der Waals surface area contributed by atoms with Gasteiger partial charge in [0.25, 0.3) is 0 Å². The molecule has 94 valence electrons. The Hall–Kier alpha value is -0.580. The Bertz CT molecular complexity index is 384. The molecule has 17 heavy (non-hydrogen) atoms. The van der Waals surface area contributed by atoms with E-state index in [9.17, 15) is 5.11 Å². The van der Waals surface area contributed by atoms with Crippen molar-refractivity contribution in [1.29, 1.82) is 0 Å². The van der Waals surface area contributed by atoms with Gasteiger partial charge in [0.05, 0.1) is 6.10 Å². The summed E-state index contributed by atoms with van der Waals surface area (Å²) in [7, 11) is 0. The summed E-state index contributed by atoms with van der Waals surface area (Å²) >= 11 is 3.43. The van der Waals surface area contributed by atoms with Gasteiger partial charge in [-0.3, -0.25) is 4.90 Å². The van der Waals surface area contributed by atoms with Crippen LogP contribution in [0.2, 0.25) is 0 Å². The Labute approximate surface area is 111 Å². The standard InChI is InChI=1S/C13H18BrNO2/c1-10-8-15(5-2-6-17-10)9-11-7-12(14)3-4-13(11)16/h3-4,7,10,16H,2,5-6,8-9H2,1H3. The zero-order valence-corrected chi connectivity index (χ0v) is 11.6. The predicted molar refractivity (Wildman–Crippen MR) is 71.1 cm³/mol. The van der Waals surface area contributed by atoms with E-state index in [4.69, 9.17) is 4.74 Å². The molecule has 1 saturated heterocycles. The molecule has 0 spiro atoms. The second-order valence-corrected chi connectivity index (χ2v) is 5.46. The minimum atomic E-state index is 0.270. The molecule has 1 aliphatic heterocycles. The Morgan fingerprint density at radius 2 is 2.35 bits per heavy atom. The summed E-state index contributed by atoms with van der Waals surface area (Å²) in [6.45, 7) is 5.66. The molecule has 1 atom stereocenters. The third kappa shape index (κ3) is 3.69. The molecule has 0 bridgehead atoms. The van der Waals surface area contributed by atoms with E-state index in [0.717, 1.165) is 42.7 Å². The second kappa shape index (κ2) is 5.85. The molecule has 0 saturated carbocycles. The van der Waals surface area contributed by atoms with Gasteiger partial charge in [-0.2, -0.15) is 0 Å². The van der Waals surface area contributed by atoms with Crippen LogP contribution in [0.3, 0.4) is 0 Å². The van der Waals surface area contributed by atoms with Crippen LogP contribution in [-0.2, 0) is 11.3 Å². The zero-order valence-electron chi connectivity index (χ0n) is 10.0. The van der Waals surface area contributed by atoms with E-state index < -0.39 is 0 Å². The van der Waals surface area contributed by atoms with Crippen LogP contribution < -0.4 is 0 Å². The Morgan fingerprint density at radius 3 is 3.18 bits per heavy atom. The lowest BCUT2D eigenvalue weighted by atomic mass is 10.2. The third-order valence-corrected chi connectivity index (χ3v) is 3.47. The van der Waals surface area contributed by atoms with E-state index in [1.807, 2.05) is 12.1 Å². The maximum Gasteiger partial charge on any atom is 0.120 e. The average Bonchev–Trinajstić information content (AvgIpc) is 2.48. The molecule has 1 aliphatic rings. The monoisotopic (exact) mass is 299 g/mol. The molecule has 0 amide bonds. The van der Waals surface area contributed by atoms with Gasteiger partial charge < -0.3 is 9.84 Å². The molecule has 4 heteroatoms. The molecule has 1 N–H and O–H groups in total. The van der Waals surface area contributed by atoms with Crippen molar-refractivity contribution < 1.29 is 9.84 Å². The highest BCUT2D eigenvalue weighted by molar-refractivity contribution is 9.10. The highest BCUT2D eigenvalue weighted by Gasteiger charge is 2.16. The lowest BCUT2D eigenvalue weighted by Gasteiger charge is -2.22. The van der Waals surface area contributed by atoms with Crippen LogP contribution in [0.4, 0.5) is 0 Å². The van der Waals surface area contributed by atoms with Gasteiger partial charge in [-0.05, 0) is 31.5 Å². The molecule has 1 fully saturated rings. The average molecular weight is 300 g/mol. The lowest BCUT2D eigenvalue weighted by Crippen LogP contribution is -2.29. The SMILES string of the molecule is CC1CN(Cc2cc(Br)ccc2O)CCCO1. The zero-order chi connectivity index (χ0) is 12.3. The molecule has 1 aromatic rings. The van der Waals surface area contributed by atoms with Crippen molar-refractivity contribution in [1.82, 2.24) is 4.90 Å². The van der Waals surface area contributed by atoms with Gasteiger partial charge in [0.2, 0.25) is 0 Å². The number of halogens is 1. The first kappa shape index (κ1) is 12.9. The molecule has 2 rings (SSSR count). The number of rotatable bonds is 2. The number of phenolic OH excluding ortho intramolecular Hbond substituents is 1. The van der Waals surface area contributed by atoms with Crippen LogP contribution in [0.25, 0.3) is 0 Å². The summed E-state index contributed by atoms with van der Waals surface area (Å²) in [5.41, 5.74) is 0.966. The smallest absolute Gasteiger partial charge is 0.120 e. The van der Waals surface area contributed by atoms with Crippen molar-refractivity contribution in [2.24, 2.45) is 0 Å². The van der Waals surface area contributed by atoms with Crippen molar-refractivity contribution in [2.45, 2.75) is 26.0 Å². The Balaban J connectivity index is 2.06. The summed E-state index contributed by atoms with van der Waals surface area (Å²) in [5.74, 6) is 0.367. The van der Waals surface area contributed by atoms with Gasteiger partial charge in [0.1, 0.15) is 5.75 Å². The topological polar surface area (TPSA) is 32.7 Å². The van der Waals surface area contributed by atoms with Crippen LogP contribution in [0.15, 0.2) is 22.7 Å². The van der Waals surface area contributed by atoms with Gasteiger partial charge in [-0.25, -0.2) is 0 Å². The first-order valence-electron chi connectivity index (χ1n) is 5.96. The van der Waals surface area contributed by atoms with Gasteiger partial charge in [-0.1, -0.05) is 15.9 Å². The summed E-state index contributed by atoms with van der Waals surface area (Å²) in [6, 6.07) is 5.57. The van der Waals surface area contributed by atoms with E-state index in [-0.39, 0.29) is 6.10 Å². The lowest BCUT2D eigenvalue weighted by molar-refractivity contribution is 0.0667. The summed E-state index contributed by atoms with van der Waals surface area (Å²) in [6.07, 6.45) is 1.32. The number of benzene rings is 1. The predicted octanol–water partition coefficient (Wildman–Crippen LogP) is 2.77. The highest BCUT2D eigenvalue weighted by Crippen LogP contribution is 2.23. The van der Waals surface area contributed by atoms with Gasteiger partial charge >= 0.3 is 0 Å². The van der Waals surface area contributed by atoms with Crippen molar-refractivity contribution in [2.75, 3.05) is 19.7 Å². The Morgan fingerprint density at radius 1 is 1.53 bits per heavy atom. The van der Waals surface area contributed by atoms with Crippen LogP contribution in [-0.4, -0.2) is 35.8 Å². The second-order valence-electron chi connectivity index (χ2n) is 4.54. The van der Waals surface area contributed by atoms with Crippen LogP contribution >= 0.6 is 15.9 Å². The largest absolute Gasteiger partial charge is 0.508 e. The molecule has 0 aromatic heterocycles. The van der Waals surface area contributed by atoms with Crippen LogP contribution in [0.5, 0.6) is 5.75 Å². The molecule has 1 unspecified atom stereocenters. The summed E-state index contributed by atoms with van der Waals surface area (Å²) < 4.78 is 6.62. The first-order chi connectivity index (χ1) is 8.15. The third-order valence-electron chi connectivity index (χ3n) is 2.97. The van der Waals surface area contributed by atoms with Crippen LogP contribution in [0, 0.1) is 0 Å². The fourth-order valence-electron chi connectivity index (χ4n) is 2.15. The maximum atomic E-state index is 9.82. The molecule has 1 heterocycles. The number of hydrogen-bond donors (Lipinski definition) is 1. The van der Waals surface area contributed by atoms with E-state index in [2.05, 4.69) is 27.8 Å². The summed E-state index contributed by atoms with van der Waals surface area (Å²) in [4.78, 5) is 2.33. The van der Waals surface area contributed by atoms with Gasteiger partial charge in [0.15, 0.2) is 0 Å². The normalized spacial score (nSPS) is 22.4. The molecular weight excluding hydrogens is 282 g/mol. The first-order valence-corrected chi connectivity index (χ1v) is 6.76. The number of phenols is 1. The fraction of sp³-hybridized carbons (Fsp3) is 0.538. The number of aromatic hydroxyl groups is 1.